The number of aliphatic carboxylic acids is 1. The van der Waals surface area contributed by atoms with Gasteiger partial charge in [-0.2, -0.15) is 0 Å². The van der Waals surface area contributed by atoms with Crippen molar-refractivity contribution in [3.05, 3.63) is 42.0 Å². The quantitative estimate of drug-likeness (QED) is 0.343. The Hall–Kier alpha value is -2.32. The van der Waals surface area contributed by atoms with Crippen molar-refractivity contribution in [3.63, 3.8) is 0 Å². The zero-order valence-electron chi connectivity index (χ0n) is 21.5. The van der Waals surface area contributed by atoms with Gasteiger partial charge in [-0.25, -0.2) is 0 Å². The van der Waals surface area contributed by atoms with Crippen molar-refractivity contribution in [2.24, 2.45) is 11.8 Å². The standard InChI is InChI=1S/C28H38N2O5S/c1-5-15-29(22-18(2)11-10-12-19(22)3)25(33)23-28-14-13-27(4,36-28)21(26(34)35)20(28)24(32)30(23)16-8-6-7-9-17-31/h5,10-12,20-21,23,31H,1,6-9,13-17H2,2-4H3,(H,34,35)/t20-,21+,23?,27-,28?/m0/s1. The van der Waals surface area contributed by atoms with Gasteiger partial charge in [-0.15, -0.1) is 18.3 Å². The van der Waals surface area contributed by atoms with Crippen LogP contribution < -0.4 is 4.90 Å². The predicted molar refractivity (Wildman–Crippen MR) is 142 cm³/mol. The van der Waals surface area contributed by atoms with E-state index in [1.165, 1.54) is 0 Å². The number of carboxylic acid groups (broad SMARTS) is 1. The van der Waals surface area contributed by atoms with Gasteiger partial charge in [0.1, 0.15) is 6.04 Å². The lowest BCUT2D eigenvalue weighted by molar-refractivity contribution is -0.150. The van der Waals surface area contributed by atoms with Crippen LogP contribution in [0.4, 0.5) is 5.69 Å². The van der Waals surface area contributed by atoms with Gasteiger partial charge in [-0.3, -0.25) is 14.4 Å². The molecule has 0 saturated carbocycles. The molecule has 4 rings (SSSR count). The largest absolute Gasteiger partial charge is 0.481 e. The fourth-order valence-corrected chi connectivity index (χ4v) is 9.21. The summed E-state index contributed by atoms with van der Waals surface area (Å²) in [5, 5.41) is 19.3. The summed E-state index contributed by atoms with van der Waals surface area (Å²) in [6, 6.07) is 5.19. The molecular formula is C28H38N2O5S. The van der Waals surface area contributed by atoms with Crippen molar-refractivity contribution < 1.29 is 24.6 Å². The van der Waals surface area contributed by atoms with E-state index in [-0.39, 0.29) is 18.4 Å². The van der Waals surface area contributed by atoms with Gasteiger partial charge in [-0.05, 0) is 57.6 Å². The third-order valence-electron chi connectivity index (χ3n) is 8.37. The maximum absolute atomic E-state index is 14.5. The number of aliphatic hydroxyl groups is 1. The molecule has 0 aromatic heterocycles. The van der Waals surface area contributed by atoms with E-state index in [2.05, 4.69) is 6.58 Å². The molecule has 1 aromatic rings. The molecule has 7 nitrogen and oxygen atoms in total. The van der Waals surface area contributed by atoms with E-state index < -0.39 is 33.3 Å². The topological polar surface area (TPSA) is 98.2 Å². The molecule has 3 aliphatic rings. The Bertz CT molecular complexity index is 1040. The molecule has 2 amide bonds. The Labute approximate surface area is 217 Å². The number of likely N-dealkylation sites (tertiary alicyclic amines) is 1. The molecule has 5 atom stereocenters. The minimum Gasteiger partial charge on any atom is -0.481 e. The van der Waals surface area contributed by atoms with Gasteiger partial charge in [0.25, 0.3) is 5.91 Å². The van der Waals surface area contributed by atoms with Gasteiger partial charge in [0, 0.05) is 30.1 Å². The number of hydrogen-bond acceptors (Lipinski definition) is 5. The van der Waals surface area contributed by atoms with Gasteiger partial charge < -0.3 is 20.0 Å². The first-order valence-electron chi connectivity index (χ1n) is 13.0. The van der Waals surface area contributed by atoms with Crippen LogP contribution in [0, 0.1) is 25.7 Å². The van der Waals surface area contributed by atoms with Crippen molar-refractivity contribution in [3.8, 4) is 0 Å². The Morgan fingerprint density at radius 2 is 1.86 bits per heavy atom. The summed E-state index contributed by atoms with van der Waals surface area (Å²) in [7, 11) is 0. The number of hydrogen-bond donors (Lipinski definition) is 2. The second-order valence-corrected chi connectivity index (χ2v) is 12.6. The molecule has 3 fully saturated rings. The lowest BCUT2D eigenvalue weighted by Gasteiger charge is -2.38. The number of aliphatic hydroxyl groups excluding tert-OH is 1. The summed E-state index contributed by atoms with van der Waals surface area (Å²) in [4.78, 5) is 44.3. The third kappa shape index (κ3) is 4.16. The van der Waals surface area contributed by atoms with Gasteiger partial charge >= 0.3 is 5.97 Å². The predicted octanol–water partition coefficient (Wildman–Crippen LogP) is 3.94. The van der Waals surface area contributed by atoms with Gasteiger partial charge in [0.15, 0.2) is 0 Å². The second-order valence-electron chi connectivity index (χ2n) is 10.7. The van der Waals surface area contributed by atoms with Crippen molar-refractivity contribution in [2.75, 3.05) is 24.6 Å². The van der Waals surface area contributed by atoms with E-state index in [0.717, 1.165) is 29.7 Å². The normalized spacial score (nSPS) is 30.5. The van der Waals surface area contributed by atoms with E-state index in [1.54, 1.807) is 27.6 Å². The molecule has 1 spiro atoms. The molecule has 2 unspecified atom stereocenters. The average Bonchev–Trinajstić information content (AvgIpc) is 3.38. The average molecular weight is 515 g/mol. The Morgan fingerprint density at radius 1 is 1.19 bits per heavy atom. The second kappa shape index (κ2) is 10.2. The molecule has 1 aromatic carbocycles. The minimum absolute atomic E-state index is 0.136. The third-order valence-corrected chi connectivity index (χ3v) is 10.4. The molecule has 3 saturated heterocycles. The fourth-order valence-electron chi connectivity index (χ4n) is 6.87. The first-order chi connectivity index (χ1) is 17.1. The van der Waals surface area contributed by atoms with Crippen LogP contribution in [-0.4, -0.2) is 68.1 Å². The number of aryl methyl sites for hydroxylation is 2. The van der Waals surface area contributed by atoms with Crippen LogP contribution in [0.15, 0.2) is 30.9 Å². The molecule has 3 aliphatic heterocycles. The van der Waals surface area contributed by atoms with E-state index in [1.807, 2.05) is 39.0 Å². The van der Waals surface area contributed by atoms with Crippen molar-refractivity contribution >= 4 is 35.2 Å². The van der Waals surface area contributed by atoms with Crippen LogP contribution in [0.1, 0.15) is 56.6 Å². The van der Waals surface area contributed by atoms with Crippen molar-refractivity contribution in [2.45, 2.75) is 74.8 Å². The SMILES string of the molecule is C=CCN(C(=O)C1N(CCCCCCO)C(=O)[C@@H]2[C@H](C(=O)O)[C@]3(C)CCC12S3)c1c(C)cccc1C. The zero-order valence-corrected chi connectivity index (χ0v) is 22.4. The number of amides is 2. The number of unbranched alkanes of at least 4 members (excludes halogenated alkanes) is 3. The number of fused-ring (bicyclic) bond motifs is 1. The van der Waals surface area contributed by atoms with Crippen LogP contribution >= 0.6 is 11.8 Å². The Kier molecular flexibility index (Phi) is 7.58. The lowest BCUT2D eigenvalue weighted by atomic mass is 9.66. The summed E-state index contributed by atoms with van der Waals surface area (Å²) >= 11 is 1.57. The van der Waals surface area contributed by atoms with Crippen molar-refractivity contribution in [1.82, 2.24) is 4.90 Å². The fraction of sp³-hybridized carbons (Fsp3) is 0.607. The Morgan fingerprint density at radius 3 is 2.47 bits per heavy atom. The van der Waals surface area contributed by atoms with Crippen LogP contribution in [0.5, 0.6) is 0 Å². The maximum Gasteiger partial charge on any atom is 0.308 e. The highest BCUT2D eigenvalue weighted by molar-refractivity contribution is 8.02. The first-order valence-corrected chi connectivity index (χ1v) is 13.8. The first kappa shape index (κ1) is 26.7. The van der Waals surface area contributed by atoms with Crippen LogP contribution in [0.2, 0.25) is 0 Å². The van der Waals surface area contributed by atoms with Gasteiger partial charge in [-0.1, -0.05) is 37.1 Å². The summed E-state index contributed by atoms with van der Waals surface area (Å²) < 4.78 is -1.30. The highest BCUT2D eigenvalue weighted by Crippen LogP contribution is 2.71. The molecule has 2 bridgehead atoms. The van der Waals surface area contributed by atoms with Crippen LogP contribution in [-0.2, 0) is 14.4 Å². The summed E-state index contributed by atoms with van der Waals surface area (Å²) in [6.07, 6.45) is 6.14. The molecule has 0 aliphatic carbocycles. The van der Waals surface area contributed by atoms with E-state index in [0.29, 0.717) is 38.8 Å². The number of para-hydroxylation sites is 1. The molecule has 8 heteroatoms. The van der Waals surface area contributed by atoms with E-state index in [9.17, 15) is 19.5 Å². The van der Waals surface area contributed by atoms with Crippen LogP contribution in [0.3, 0.4) is 0 Å². The molecule has 2 N–H and O–H groups in total. The number of carboxylic acids is 1. The Balaban J connectivity index is 1.76. The van der Waals surface area contributed by atoms with E-state index >= 15 is 0 Å². The number of carbonyl (C=O) groups excluding carboxylic acids is 2. The van der Waals surface area contributed by atoms with Gasteiger partial charge in [0.05, 0.1) is 16.6 Å². The molecule has 0 radical (unpaired) electrons. The van der Waals surface area contributed by atoms with Gasteiger partial charge in [0.2, 0.25) is 5.91 Å². The highest BCUT2D eigenvalue weighted by atomic mass is 32.2. The number of anilines is 1. The number of rotatable bonds is 11. The molecule has 3 heterocycles. The summed E-state index contributed by atoms with van der Waals surface area (Å²) in [6.45, 7) is 10.6. The summed E-state index contributed by atoms with van der Waals surface area (Å²) in [5.41, 5.74) is 2.77. The summed E-state index contributed by atoms with van der Waals surface area (Å²) in [5.74, 6) is -2.79. The number of nitrogens with zero attached hydrogens (tertiary/aromatic N) is 2. The lowest BCUT2D eigenvalue weighted by Crippen LogP contribution is -2.55. The number of benzene rings is 1. The highest BCUT2D eigenvalue weighted by Gasteiger charge is 2.77. The zero-order chi connectivity index (χ0) is 26.3. The van der Waals surface area contributed by atoms with Crippen molar-refractivity contribution in [1.29, 1.82) is 0 Å². The smallest absolute Gasteiger partial charge is 0.308 e. The monoisotopic (exact) mass is 514 g/mol. The maximum atomic E-state index is 14.5. The molecule has 196 valence electrons. The molecular weight excluding hydrogens is 476 g/mol. The molecule has 36 heavy (non-hydrogen) atoms. The minimum atomic E-state index is -0.946. The number of thioether (sulfide) groups is 1. The van der Waals surface area contributed by atoms with Crippen LogP contribution in [0.25, 0.3) is 0 Å². The van der Waals surface area contributed by atoms with E-state index in [4.69, 9.17) is 5.11 Å². The number of carbonyl (C=O) groups is 3.